The molecule has 0 fully saturated rings. The molecule has 254 valence electrons. The van der Waals surface area contributed by atoms with E-state index in [1.165, 1.54) is 66.0 Å². The standard InChI is InChI=1S/C52H36N2/c1-5-15-37(16-6-1)42-33-43(35-47(34-42)53(44-18-7-2-8-19-44)45-20-9-3-10-21-45)39-27-25-38(26-28-39)41-29-31-49-51(36-41)54(46-22-11-4-12-23-46)50-32-30-40-17-13-14-24-48(40)52(49)50/h1-36H. The van der Waals surface area contributed by atoms with Crippen molar-refractivity contribution in [2.75, 3.05) is 4.90 Å². The fourth-order valence-corrected chi connectivity index (χ4v) is 7.98. The Hall–Kier alpha value is -7.16. The first-order valence-electron chi connectivity index (χ1n) is 18.5. The van der Waals surface area contributed by atoms with Gasteiger partial charge in [-0.05, 0) is 111 Å². The van der Waals surface area contributed by atoms with Crippen molar-refractivity contribution in [2.24, 2.45) is 0 Å². The molecule has 9 aromatic carbocycles. The minimum atomic E-state index is 1.11. The Morgan fingerprint density at radius 1 is 0.296 bits per heavy atom. The third-order valence-electron chi connectivity index (χ3n) is 10.5. The van der Waals surface area contributed by atoms with Crippen LogP contribution in [0.3, 0.4) is 0 Å². The maximum Gasteiger partial charge on any atom is 0.0547 e. The first kappa shape index (κ1) is 31.6. The molecule has 1 aromatic heterocycles. The zero-order chi connectivity index (χ0) is 35.8. The molecule has 2 heteroatoms. The Kier molecular flexibility index (Phi) is 7.85. The SMILES string of the molecule is c1ccc(-c2cc(-c3ccc(-c4ccc5c6c7ccccc7ccc6n(-c6ccccc6)c5c4)cc3)cc(N(c3ccccc3)c3ccccc3)c2)cc1. The van der Waals surface area contributed by atoms with Crippen LogP contribution in [0.15, 0.2) is 218 Å². The van der Waals surface area contributed by atoms with Crippen molar-refractivity contribution in [1.82, 2.24) is 4.57 Å². The summed E-state index contributed by atoms with van der Waals surface area (Å²) < 4.78 is 2.41. The number of fused-ring (bicyclic) bond motifs is 5. The van der Waals surface area contributed by atoms with Gasteiger partial charge in [0, 0.05) is 33.5 Å². The number of para-hydroxylation sites is 3. The van der Waals surface area contributed by atoms with Crippen LogP contribution in [0.1, 0.15) is 0 Å². The molecule has 2 nitrogen and oxygen atoms in total. The van der Waals surface area contributed by atoms with Crippen molar-refractivity contribution >= 4 is 49.6 Å². The molecule has 0 aliphatic carbocycles. The largest absolute Gasteiger partial charge is 0.310 e. The van der Waals surface area contributed by atoms with Gasteiger partial charge in [0.2, 0.25) is 0 Å². The van der Waals surface area contributed by atoms with Crippen LogP contribution in [0.4, 0.5) is 17.1 Å². The van der Waals surface area contributed by atoms with Crippen LogP contribution >= 0.6 is 0 Å². The van der Waals surface area contributed by atoms with Crippen molar-refractivity contribution in [3.8, 4) is 39.1 Å². The molecule has 1 heterocycles. The van der Waals surface area contributed by atoms with E-state index in [9.17, 15) is 0 Å². The number of anilines is 3. The lowest BCUT2D eigenvalue weighted by molar-refractivity contribution is 1.18. The summed E-state index contributed by atoms with van der Waals surface area (Å²) >= 11 is 0. The average Bonchev–Trinajstić information content (AvgIpc) is 3.59. The molecule has 10 rings (SSSR count). The van der Waals surface area contributed by atoms with Gasteiger partial charge in [-0.15, -0.1) is 0 Å². The second kappa shape index (κ2) is 13.4. The molecule has 0 atom stereocenters. The second-order valence-electron chi connectivity index (χ2n) is 13.8. The van der Waals surface area contributed by atoms with Crippen molar-refractivity contribution in [1.29, 1.82) is 0 Å². The fourth-order valence-electron chi connectivity index (χ4n) is 7.98. The van der Waals surface area contributed by atoms with Crippen LogP contribution in [0.5, 0.6) is 0 Å². The number of nitrogens with zero attached hydrogens (tertiary/aromatic N) is 2. The molecular formula is C52H36N2. The van der Waals surface area contributed by atoms with Gasteiger partial charge >= 0.3 is 0 Å². The highest BCUT2D eigenvalue weighted by Crippen LogP contribution is 2.41. The molecule has 0 amide bonds. The number of hydrogen-bond acceptors (Lipinski definition) is 1. The zero-order valence-corrected chi connectivity index (χ0v) is 29.7. The minimum absolute atomic E-state index is 1.11. The van der Waals surface area contributed by atoms with E-state index in [-0.39, 0.29) is 0 Å². The van der Waals surface area contributed by atoms with Gasteiger partial charge in [0.1, 0.15) is 0 Å². The molecule has 0 radical (unpaired) electrons. The summed E-state index contributed by atoms with van der Waals surface area (Å²) in [4.78, 5) is 2.34. The molecule has 0 saturated heterocycles. The molecule has 0 aliphatic rings. The van der Waals surface area contributed by atoms with Crippen molar-refractivity contribution in [2.45, 2.75) is 0 Å². The maximum atomic E-state index is 2.41. The summed E-state index contributed by atoms with van der Waals surface area (Å²) in [7, 11) is 0. The quantitative estimate of drug-likeness (QED) is 0.162. The van der Waals surface area contributed by atoms with Crippen LogP contribution in [-0.4, -0.2) is 4.57 Å². The van der Waals surface area contributed by atoms with Gasteiger partial charge in [0.05, 0.1) is 11.0 Å². The van der Waals surface area contributed by atoms with Gasteiger partial charge in [-0.25, -0.2) is 0 Å². The van der Waals surface area contributed by atoms with E-state index in [0.29, 0.717) is 0 Å². The predicted molar refractivity (Wildman–Crippen MR) is 229 cm³/mol. The lowest BCUT2D eigenvalue weighted by Crippen LogP contribution is -2.10. The summed E-state index contributed by atoms with van der Waals surface area (Å²) in [5.41, 5.74) is 14.0. The fraction of sp³-hybridized carbons (Fsp3) is 0. The second-order valence-corrected chi connectivity index (χ2v) is 13.8. The lowest BCUT2D eigenvalue weighted by atomic mass is 9.95. The number of aromatic nitrogens is 1. The third kappa shape index (κ3) is 5.62. The highest BCUT2D eigenvalue weighted by Gasteiger charge is 2.17. The van der Waals surface area contributed by atoms with Crippen LogP contribution in [0, 0.1) is 0 Å². The molecule has 0 spiro atoms. The molecule has 0 saturated carbocycles. The number of rotatable bonds is 7. The molecule has 0 aliphatic heterocycles. The van der Waals surface area contributed by atoms with E-state index in [1.807, 2.05) is 0 Å². The summed E-state index contributed by atoms with van der Waals surface area (Å²) in [6.45, 7) is 0. The van der Waals surface area contributed by atoms with Crippen LogP contribution in [0.2, 0.25) is 0 Å². The number of hydrogen-bond donors (Lipinski definition) is 0. The van der Waals surface area contributed by atoms with E-state index in [2.05, 4.69) is 228 Å². The van der Waals surface area contributed by atoms with Gasteiger partial charge in [-0.1, -0.05) is 152 Å². The van der Waals surface area contributed by atoms with Gasteiger partial charge in [0.15, 0.2) is 0 Å². The van der Waals surface area contributed by atoms with Gasteiger partial charge in [-0.3, -0.25) is 0 Å². The van der Waals surface area contributed by atoms with E-state index in [0.717, 1.165) is 22.7 Å². The molecule has 0 N–H and O–H groups in total. The lowest BCUT2D eigenvalue weighted by Gasteiger charge is -2.26. The van der Waals surface area contributed by atoms with Crippen molar-refractivity contribution in [3.63, 3.8) is 0 Å². The molecule has 54 heavy (non-hydrogen) atoms. The molecule has 0 bridgehead atoms. The number of benzene rings is 9. The zero-order valence-electron chi connectivity index (χ0n) is 29.7. The molecule has 0 unspecified atom stereocenters. The van der Waals surface area contributed by atoms with E-state index in [1.54, 1.807) is 0 Å². The Labute approximate surface area is 315 Å². The summed E-state index contributed by atoms with van der Waals surface area (Å²) in [6, 6.07) is 78.8. The maximum absolute atomic E-state index is 2.41. The summed E-state index contributed by atoms with van der Waals surface area (Å²) in [5.74, 6) is 0. The summed E-state index contributed by atoms with van der Waals surface area (Å²) in [5, 5.41) is 5.09. The van der Waals surface area contributed by atoms with Gasteiger partial charge in [0.25, 0.3) is 0 Å². The average molecular weight is 689 g/mol. The Balaban J connectivity index is 1.10. The Bertz CT molecular complexity index is 2850. The molecule has 10 aromatic rings. The van der Waals surface area contributed by atoms with Crippen molar-refractivity contribution in [3.05, 3.63) is 218 Å². The van der Waals surface area contributed by atoms with E-state index >= 15 is 0 Å². The summed E-state index contributed by atoms with van der Waals surface area (Å²) in [6.07, 6.45) is 0. The third-order valence-corrected chi connectivity index (χ3v) is 10.5. The molecular weight excluding hydrogens is 653 g/mol. The topological polar surface area (TPSA) is 8.17 Å². The van der Waals surface area contributed by atoms with Gasteiger partial charge in [-0.2, -0.15) is 0 Å². The van der Waals surface area contributed by atoms with Crippen LogP contribution in [-0.2, 0) is 0 Å². The van der Waals surface area contributed by atoms with E-state index in [4.69, 9.17) is 0 Å². The smallest absolute Gasteiger partial charge is 0.0547 e. The van der Waals surface area contributed by atoms with Gasteiger partial charge < -0.3 is 9.47 Å². The first-order valence-corrected chi connectivity index (χ1v) is 18.5. The monoisotopic (exact) mass is 688 g/mol. The van der Waals surface area contributed by atoms with E-state index < -0.39 is 0 Å². The van der Waals surface area contributed by atoms with Crippen LogP contribution < -0.4 is 4.90 Å². The highest BCUT2D eigenvalue weighted by atomic mass is 15.1. The Morgan fingerprint density at radius 2 is 0.815 bits per heavy atom. The predicted octanol–water partition coefficient (Wildman–Crippen LogP) is 14.4. The highest BCUT2D eigenvalue weighted by molar-refractivity contribution is 6.21. The van der Waals surface area contributed by atoms with Crippen LogP contribution in [0.25, 0.3) is 71.6 Å². The first-order chi connectivity index (χ1) is 26.8. The minimum Gasteiger partial charge on any atom is -0.310 e. The Morgan fingerprint density at radius 3 is 1.46 bits per heavy atom. The normalized spacial score (nSPS) is 11.3. The van der Waals surface area contributed by atoms with Crippen molar-refractivity contribution < 1.29 is 0 Å².